The number of benzene rings is 1. The molecular weight excluding hydrogens is 222 g/mol. The Kier molecular flexibility index (Phi) is 4.71. The Morgan fingerprint density at radius 3 is 2.59 bits per heavy atom. The molecule has 0 radical (unpaired) electrons. The predicted molar refractivity (Wildman–Crippen MR) is 67.4 cm³/mol. The van der Waals surface area contributed by atoms with Crippen molar-refractivity contribution in [2.45, 2.75) is 19.4 Å². The van der Waals surface area contributed by atoms with Crippen LogP contribution in [-0.2, 0) is 0 Å². The van der Waals surface area contributed by atoms with Crippen molar-refractivity contribution < 1.29 is 10.0 Å². The number of aliphatic hydroxyl groups excluding tert-OH is 1. The standard InChI is InChI=1S/C11H17N3O3/c1-3-11(15)7-13-9-4-8(12-2)5-10(6-9)14(16)17/h4-6,11-13,15H,3,7H2,1-2H3. The van der Waals surface area contributed by atoms with Crippen molar-refractivity contribution in [1.29, 1.82) is 0 Å². The van der Waals surface area contributed by atoms with Gasteiger partial charge in [0.2, 0.25) is 0 Å². The van der Waals surface area contributed by atoms with E-state index in [4.69, 9.17) is 0 Å². The maximum absolute atomic E-state index is 10.7. The van der Waals surface area contributed by atoms with Gasteiger partial charge in [0.15, 0.2) is 0 Å². The van der Waals surface area contributed by atoms with Crippen molar-refractivity contribution in [2.75, 3.05) is 24.2 Å². The summed E-state index contributed by atoms with van der Waals surface area (Å²) < 4.78 is 0. The summed E-state index contributed by atoms with van der Waals surface area (Å²) in [5.41, 5.74) is 1.30. The van der Waals surface area contributed by atoms with Gasteiger partial charge in [-0.2, -0.15) is 0 Å². The average molecular weight is 239 g/mol. The van der Waals surface area contributed by atoms with Crippen LogP contribution in [-0.4, -0.2) is 29.7 Å². The topological polar surface area (TPSA) is 87.4 Å². The van der Waals surface area contributed by atoms with Gasteiger partial charge in [0.05, 0.1) is 11.0 Å². The minimum Gasteiger partial charge on any atom is -0.391 e. The minimum absolute atomic E-state index is 0.0188. The van der Waals surface area contributed by atoms with Crippen LogP contribution in [0.3, 0.4) is 0 Å². The van der Waals surface area contributed by atoms with Crippen LogP contribution < -0.4 is 10.6 Å². The summed E-state index contributed by atoms with van der Waals surface area (Å²) in [7, 11) is 1.70. The van der Waals surface area contributed by atoms with E-state index in [1.807, 2.05) is 6.92 Å². The number of nitro groups is 1. The molecule has 17 heavy (non-hydrogen) atoms. The Hall–Kier alpha value is -1.82. The highest BCUT2D eigenvalue weighted by molar-refractivity contribution is 5.63. The minimum atomic E-state index is -0.452. The van der Waals surface area contributed by atoms with Gasteiger partial charge < -0.3 is 15.7 Å². The summed E-state index contributed by atoms with van der Waals surface area (Å²) in [6.07, 6.45) is 0.188. The normalized spacial score (nSPS) is 11.9. The molecule has 0 heterocycles. The molecule has 0 spiro atoms. The molecular formula is C11H17N3O3. The van der Waals surface area contributed by atoms with E-state index < -0.39 is 11.0 Å². The van der Waals surface area contributed by atoms with Gasteiger partial charge in [-0.05, 0) is 12.5 Å². The maximum atomic E-state index is 10.7. The fourth-order valence-corrected chi connectivity index (χ4v) is 1.34. The number of hydrogen-bond acceptors (Lipinski definition) is 5. The summed E-state index contributed by atoms with van der Waals surface area (Å²) >= 11 is 0. The fourth-order valence-electron chi connectivity index (χ4n) is 1.34. The van der Waals surface area contributed by atoms with E-state index in [9.17, 15) is 15.2 Å². The Morgan fingerprint density at radius 1 is 1.41 bits per heavy atom. The molecule has 1 aromatic rings. The number of hydrogen-bond donors (Lipinski definition) is 3. The van der Waals surface area contributed by atoms with Crippen molar-refractivity contribution in [1.82, 2.24) is 0 Å². The average Bonchev–Trinajstić information content (AvgIpc) is 2.35. The largest absolute Gasteiger partial charge is 0.391 e. The molecule has 0 saturated heterocycles. The molecule has 0 saturated carbocycles. The zero-order valence-electron chi connectivity index (χ0n) is 9.93. The number of non-ortho nitro benzene ring substituents is 1. The van der Waals surface area contributed by atoms with Crippen molar-refractivity contribution in [3.8, 4) is 0 Å². The Bertz CT molecular complexity index is 396. The first-order valence-corrected chi connectivity index (χ1v) is 5.46. The molecule has 0 bridgehead atoms. The SMILES string of the molecule is CCC(O)CNc1cc(NC)cc([N+](=O)[O-])c1. The monoisotopic (exact) mass is 239 g/mol. The molecule has 6 nitrogen and oxygen atoms in total. The van der Waals surface area contributed by atoms with E-state index in [2.05, 4.69) is 10.6 Å². The molecule has 0 aliphatic carbocycles. The smallest absolute Gasteiger partial charge is 0.273 e. The molecule has 0 aromatic heterocycles. The van der Waals surface area contributed by atoms with Gasteiger partial charge in [0.25, 0.3) is 5.69 Å². The first kappa shape index (κ1) is 13.2. The number of anilines is 2. The van der Waals surface area contributed by atoms with E-state index in [1.54, 1.807) is 13.1 Å². The van der Waals surface area contributed by atoms with E-state index in [0.29, 0.717) is 24.3 Å². The highest BCUT2D eigenvalue weighted by Gasteiger charge is 2.09. The third-order valence-corrected chi connectivity index (χ3v) is 2.43. The lowest BCUT2D eigenvalue weighted by Crippen LogP contribution is -2.18. The number of nitrogens with zero attached hydrogens (tertiary/aromatic N) is 1. The second-order valence-corrected chi connectivity index (χ2v) is 3.72. The van der Waals surface area contributed by atoms with Crippen LogP contribution in [0.1, 0.15) is 13.3 Å². The molecule has 1 aromatic carbocycles. The zero-order valence-corrected chi connectivity index (χ0v) is 9.93. The Labute approximate surface area is 99.8 Å². The highest BCUT2D eigenvalue weighted by Crippen LogP contribution is 2.23. The van der Waals surface area contributed by atoms with Gasteiger partial charge in [0, 0.05) is 37.1 Å². The molecule has 1 unspecified atom stereocenters. The Morgan fingerprint density at radius 2 is 2.06 bits per heavy atom. The van der Waals surface area contributed by atoms with Crippen LogP contribution in [0.15, 0.2) is 18.2 Å². The lowest BCUT2D eigenvalue weighted by Gasteiger charge is -2.11. The van der Waals surface area contributed by atoms with Crippen LogP contribution >= 0.6 is 0 Å². The zero-order chi connectivity index (χ0) is 12.8. The van der Waals surface area contributed by atoms with Crippen molar-refractivity contribution in [3.63, 3.8) is 0 Å². The Balaban J connectivity index is 2.83. The summed E-state index contributed by atoms with van der Waals surface area (Å²) in [4.78, 5) is 10.3. The number of aliphatic hydroxyl groups is 1. The molecule has 0 aliphatic heterocycles. The van der Waals surface area contributed by atoms with Gasteiger partial charge in [-0.3, -0.25) is 10.1 Å². The van der Waals surface area contributed by atoms with Crippen molar-refractivity contribution in [2.24, 2.45) is 0 Å². The van der Waals surface area contributed by atoms with Gasteiger partial charge in [-0.15, -0.1) is 0 Å². The van der Waals surface area contributed by atoms with Crippen LogP contribution in [0.5, 0.6) is 0 Å². The van der Waals surface area contributed by atoms with Gasteiger partial charge in [-0.25, -0.2) is 0 Å². The molecule has 94 valence electrons. The van der Waals surface area contributed by atoms with Crippen LogP contribution in [0.2, 0.25) is 0 Å². The third-order valence-electron chi connectivity index (χ3n) is 2.43. The fraction of sp³-hybridized carbons (Fsp3) is 0.455. The molecule has 1 atom stereocenters. The van der Waals surface area contributed by atoms with Crippen LogP contribution in [0.4, 0.5) is 17.1 Å². The number of nitro benzene ring substituents is 1. The van der Waals surface area contributed by atoms with E-state index in [-0.39, 0.29) is 5.69 Å². The molecule has 6 heteroatoms. The quantitative estimate of drug-likeness (QED) is 0.520. The second-order valence-electron chi connectivity index (χ2n) is 3.72. The molecule has 0 fully saturated rings. The van der Waals surface area contributed by atoms with E-state index >= 15 is 0 Å². The van der Waals surface area contributed by atoms with Crippen LogP contribution in [0.25, 0.3) is 0 Å². The summed E-state index contributed by atoms with van der Waals surface area (Å²) in [6, 6.07) is 4.67. The number of rotatable bonds is 6. The maximum Gasteiger partial charge on any atom is 0.273 e. The first-order valence-electron chi connectivity index (χ1n) is 5.46. The first-order chi connectivity index (χ1) is 8.06. The van der Waals surface area contributed by atoms with E-state index in [1.165, 1.54) is 12.1 Å². The van der Waals surface area contributed by atoms with Gasteiger partial charge in [0.1, 0.15) is 0 Å². The second kappa shape index (κ2) is 6.05. The van der Waals surface area contributed by atoms with Gasteiger partial charge in [-0.1, -0.05) is 6.92 Å². The molecule has 0 aliphatic rings. The molecule has 3 N–H and O–H groups in total. The lowest BCUT2D eigenvalue weighted by atomic mass is 10.2. The van der Waals surface area contributed by atoms with Crippen molar-refractivity contribution >= 4 is 17.1 Å². The highest BCUT2D eigenvalue weighted by atomic mass is 16.6. The molecule has 0 amide bonds. The van der Waals surface area contributed by atoms with Gasteiger partial charge >= 0.3 is 0 Å². The number of nitrogens with one attached hydrogen (secondary N) is 2. The third kappa shape index (κ3) is 3.92. The molecule has 1 rings (SSSR count). The van der Waals surface area contributed by atoms with Crippen LogP contribution in [0, 0.1) is 10.1 Å². The predicted octanol–water partition coefficient (Wildman–Crippen LogP) is 1.82. The lowest BCUT2D eigenvalue weighted by molar-refractivity contribution is -0.384. The summed E-state index contributed by atoms with van der Waals surface area (Å²) in [5.74, 6) is 0. The van der Waals surface area contributed by atoms with Crippen molar-refractivity contribution in [3.05, 3.63) is 28.3 Å². The summed E-state index contributed by atoms with van der Waals surface area (Å²) in [6.45, 7) is 2.25. The summed E-state index contributed by atoms with van der Waals surface area (Å²) in [5, 5.41) is 26.0. The van der Waals surface area contributed by atoms with E-state index in [0.717, 1.165) is 0 Å².